The molecule has 0 aliphatic carbocycles. The van der Waals surface area contributed by atoms with Crippen molar-refractivity contribution >= 4 is 0 Å². The van der Waals surface area contributed by atoms with Crippen LogP contribution in [0.4, 0.5) is 0 Å². The van der Waals surface area contributed by atoms with Gasteiger partial charge in [0.1, 0.15) is 11.5 Å². The molecule has 0 spiro atoms. The molecule has 1 aromatic heterocycles. The summed E-state index contributed by atoms with van der Waals surface area (Å²) < 4.78 is 15.7. The third-order valence-corrected chi connectivity index (χ3v) is 2.28. The van der Waals surface area contributed by atoms with E-state index >= 15 is 0 Å². The number of hydrogen-bond acceptors (Lipinski definition) is 6. The summed E-state index contributed by atoms with van der Waals surface area (Å²) in [5.41, 5.74) is 6.10. The number of benzene rings is 1. The zero-order chi connectivity index (χ0) is 12.3. The fourth-order valence-electron chi connectivity index (χ4n) is 1.43. The van der Waals surface area contributed by atoms with E-state index in [4.69, 9.17) is 19.6 Å². The van der Waals surface area contributed by atoms with Crippen LogP contribution in [0.1, 0.15) is 5.89 Å². The topological polar surface area (TPSA) is 83.4 Å². The summed E-state index contributed by atoms with van der Waals surface area (Å²) in [6, 6.07) is 5.34. The third-order valence-electron chi connectivity index (χ3n) is 2.28. The van der Waals surface area contributed by atoms with Crippen molar-refractivity contribution in [2.45, 2.75) is 6.54 Å². The second-order valence-corrected chi connectivity index (χ2v) is 3.27. The van der Waals surface area contributed by atoms with Gasteiger partial charge >= 0.3 is 0 Å². The Labute approximate surface area is 98.4 Å². The van der Waals surface area contributed by atoms with E-state index in [1.807, 2.05) is 0 Å². The maximum absolute atomic E-state index is 5.42. The van der Waals surface area contributed by atoms with Gasteiger partial charge in [-0.2, -0.15) is 0 Å². The van der Waals surface area contributed by atoms with Crippen molar-refractivity contribution in [3.05, 3.63) is 24.1 Å². The second kappa shape index (κ2) is 4.84. The number of hydrogen-bond donors (Lipinski definition) is 1. The standard InChI is InChI=1S/C11H13N3O3/c1-15-7-3-4-9(16-2)8(5-7)11-14-13-10(6-12)17-11/h3-5H,6,12H2,1-2H3. The highest BCUT2D eigenvalue weighted by Crippen LogP contribution is 2.32. The van der Waals surface area contributed by atoms with Gasteiger partial charge in [-0.1, -0.05) is 0 Å². The molecule has 0 aliphatic heterocycles. The van der Waals surface area contributed by atoms with Crippen molar-refractivity contribution in [3.63, 3.8) is 0 Å². The van der Waals surface area contributed by atoms with Crippen LogP contribution in [-0.4, -0.2) is 24.4 Å². The van der Waals surface area contributed by atoms with Crippen molar-refractivity contribution in [2.75, 3.05) is 14.2 Å². The van der Waals surface area contributed by atoms with E-state index in [0.29, 0.717) is 28.8 Å². The third kappa shape index (κ3) is 2.21. The summed E-state index contributed by atoms with van der Waals surface area (Å²) >= 11 is 0. The molecule has 0 atom stereocenters. The van der Waals surface area contributed by atoms with Gasteiger partial charge in [-0.15, -0.1) is 10.2 Å². The van der Waals surface area contributed by atoms with Crippen molar-refractivity contribution in [3.8, 4) is 23.0 Å². The largest absolute Gasteiger partial charge is 0.497 e. The Bertz CT molecular complexity index is 510. The zero-order valence-electron chi connectivity index (χ0n) is 9.64. The van der Waals surface area contributed by atoms with Gasteiger partial charge in [-0.25, -0.2) is 0 Å². The Balaban J connectivity index is 2.47. The number of rotatable bonds is 4. The van der Waals surface area contributed by atoms with Crippen LogP contribution in [0.15, 0.2) is 22.6 Å². The lowest BCUT2D eigenvalue weighted by Gasteiger charge is -2.06. The quantitative estimate of drug-likeness (QED) is 0.857. The molecule has 6 heteroatoms. The second-order valence-electron chi connectivity index (χ2n) is 3.27. The van der Waals surface area contributed by atoms with Gasteiger partial charge in [-0.3, -0.25) is 0 Å². The van der Waals surface area contributed by atoms with Gasteiger partial charge in [0.15, 0.2) is 0 Å². The molecule has 2 N–H and O–H groups in total. The smallest absolute Gasteiger partial charge is 0.251 e. The average Bonchev–Trinajstić information content (AvgIpc) is 2.86. The van der Waals surface area contributed by atoms with Crippen LogP contribution in [0.25, 0.3) is 11.5 Å². The minimum absolute atomic E-state index is 0.208. The van der Waals surface area contributed by atoms with Crippen LogP contribution in [0.5, 0.6) is 11.5 Å². The molecule has 0 bridgehead atoms. The lowest BCUT2D eigenvalue weighted by Crippen LogP contribution is -1.95. The zero-order valence-corrected chi connectivity index (χ0v) is 9.64. The molecule has 1 aromatic carbocycles. The lowest BCUT2D eigenvalue weighted by atomic mass is 10.2. The first kappa shape index (κ1) is 11.4. The minimum Gasteiger partial charge on any atom is -0.497 e. The van der Waals surface area contributed by atoms with E-state index in [2.05, 4.69) is 10.2 Å². The van der Waals surface area contributed by atoms with Gasteiger partial charge < -0.3 is 19.6 Å². The molecule has 0 saturated heterocycles. The van der Waals surface area contributed by atoms with E-state index in [0.717, 1.165) is 0 Å². The molecule has 0 fully saturated rings. The van der Waals surface area contributed by atoms with Crippen LogP contribution < -0.4 is 15.2 Å². The first-order valence-corrected chi connectivity index (χ1v) is 5.03. The summed E-state index contributed by atoms with van der Waals surface area (Å²) in [6.07, 6.45) is 0. The van der Waals surface area contributed by atoms with Gasteiger partial charge in [0.25, 0.3) is 5.89 Å². The van der Waals surface area contributed by atoms with Crippen molar-refractivity contribution in [1.82, 2.24) is 10.2 Å². The van der Waals surface area contributed by atoms with E-state index < -0.39 is 0 Å². The highest BCUT2D eigenvalue weighted by atomic mass is 16.5. The van der Waals surface area contributed by atoms with Crippen LogP contribution in [0.3, 0.4) is 0 Å². The predicted octanol–water partition coefficient (Wildman–Crippen LogP) is 1.21. The molecular weight excluding hydrogens is 222 g/mol. The number of nitrogens with two attached hydrogens (primary N) is 1. The first-order valence-electron chi connectivity index (χ1n) is 5.03. The van der Waals surface area contributed by atoms with Gasteiger partial charge in [-0.05, 0) is 18.2 Å². The highest BCUT2D eigenvalue weighted by molar-refractivity contribution is 5.64. The van der Waals surface area contributed by atoms with Crippen molar-refractivity contribution in [2.24, 2.45) is 5.73 Å². The Morgan fingerprint density at radius 3 is 2.65 bits per heavy atom. The minimum atomic E-state index is 0.208. The van der Waals surface area contributed by atoms with Crippen molar-refractivity contribution < 1.29 is 13.9 Å². The Hall–Kier alpha value is -2.08. The molecule has 2 aromatic rings. The lowest BCUT2D eigenvalue weighted by molar-refractivity contribution is 0.402. The summed E-state index contributed by atoms with van der Waals surface area (Å²) in [5.74, 6) is 2.07. The molecular formula is C11H13N3O3. The number of methoxy groups -OCH3 is 2. The Kier molecular flexibility index (Phi) is 3.24. The van der Waals surface area contributed by atoms with Crippen LogP contribution in [0.2, 0.25) is 0 Å². The van der Waals surface area contributed by atoms with Crippen LogP contribution in [-0.2, 0) is 6.54 Å². The van der Waals surface area contributed by atoms with E-state index in [1.54, 1.807) is 32.4 Å². The molecule has 1 heterocycles. The maximum Gasteiger partial charge on any atom is 0.251 e. The molecule has 0 amide bonds. The summed E-state index contributed by atoms with van der Waals surface area (Å²) in [4.78, 5) is 0. The molecule has 0 unspecified atom stereocenters. The van der Waals surface area contributed by atoms with Crippen LogP contribution >= 0.6 is 0 Å². The van der Waals surface area contributed by atoms with Gasteiger partial charge in [0, 0.05) is 0 Å². The maximum atomic E-state index is 5.42. The highest BCUT2D eigenvalue weighted by Gasteiger charge is 2.14. The van der Waals surface area contributed by atoms with E-state index in [1.165, 1.54) is 0 Å². The molecule has 90 valence electrons. The van der Waals surface area contributed by atoms with Crippen molar-refractivity contribution in [1.29, 1.82) is 0 Å². The number of aromatic nitrogens is 2. The predicted molar refractivity (Wildman–Crippen MR) is 60.7 cm³/mol. The summed E-state index contributed by atoms with van der Waals surface area (Å²) in [6.45, 7) is 0.208. The van der Waals surface area contributed by atoms with E-state index in [9.17, 15) is 0 Å². The Morgan fingerprint density at radius 1 is 1.24 bits per heavy atom. The molecule has 0 aliphatic rings. The summed E-state index contributed by atoms with van der Waals surface area (Å²) in [5, 5.41) is 7.71. The number of nitrogens with zero attached hydrogens (tertiary/aromatic N) is 2. The fraction of sp³-hybridized carbons (Fsp3) is 0.273. The Morgan fingerprint density at radius 2 is 2.06 bits per heavy atom. The fourth-order valence-corrected chi connectivity index (χ4v) is 1.43. The summed E-state index contributed by atoms with van der Waals surface area (Å²) in [7, 11) is 3.16. The molecule has 6 nitrogen and oxygen atoms in total. The van der Waals surface area contributed by atoms with Crippen LogP contribution in [0, 0.1) is 0 Å². The molecule has 0 saturated carbocycles. The molecule has 2 rings (SSSR count). The van der Waals surface area contributed by atoms with Gasteiger partial charge in [0.2, 0.25) is 5.89 Å². The normalized spacial score (nSPS) is 10.3. The monoisotopic (exact) mass is 235 g/mol. The van der Waals surface area contributed by atoms with Gasteiger partial charge in [0.05, 0.1) is 26.3 Å². The molecule has 0 radical (unpaired) electrons. The molecule has 17 heavy (non-hydrogen) atoms. The first-order chi connectivity index (χ1) is 8.28. The SMILES string of the molecule is COc1ccc(OC)c(-c2nnc(CN)o2)c1. The average molecular weight is 235 g/mol. The van der Waals surface area contributed by atoms with E-state index in [-0.39, 0.29) is 6.54 Å². The number of ether oxygens (including phenoxy) is 2.